The lowest BCUT2D eigenvalue weighted by molar-refractivity contribution is -0.404. The Hall–Kier alpha value is -5.33. The zero-order valence-corrected chi connectivity index (χ0v) is 17.1. The van der Waals surface area contributed by atoms with E-state index in [0.29, 0.717) is 23.6 Å². The molecule has 0 atom stereocenters. The number of hydrogen-bond acceptors (Lipinski definition) is 10. The molecule has 0 aliphatic rings. The average molecular weight is 468 g/mol. The van der Waals surface area contributed by atoms with E-state index >= 15 is 0 Å². The Kier molecular flexibility index (Phi) is 8.31. The number of para-hydroxylation sites is 2. The maximum absolute atomic E-state index is 11.5. The topological polar surface area (TPSA) is 202 Å². The van der Waals surface area contributed by atoms with Crippen LogP contribution in [0.2, 0.25) is 0 Å². The summed E-state index contributed by atoms with van der Waals surface area (Å²) in [6.07, 6.45) is 3.00. The second kappa shape index (κ2) is 11.3. The number of rotatable bonds is 6. The van der Waals surface area contributed by atoms with Gasteiger partial charge in [0.05, 0.1) is 26.9 Å². The van der Waals surface area contributed by atoms with Gasteiger partial charge in [0, 0.05) is 11.8 Å². The summed E-state index contributed by atoms with van der Waals surface area (Å²) in [5, 5.41) is 40.2. The third kappa shape index (κ3) is 6.84. The van der Waals surface area contributed by atoms with Gasteiger partial charge in [-0.1, -0.05) is 36.4 Å². The standard InChI is InChI=1S/C15H13NO2.C6H3N3O7/c16-14-9-5-4-6-12(14)10-11-15(17)18-13-7-2-1-3-8-13;10-6-4(8(13)14)1-3(7(11)12)2-5(6)9(15)16/h1-11H,16H2;1-2,10H/b11-10-;. The van der Waals surface area contributed by atoms with Gasteiger partial charge in [-0.3, -0.25) is 30.3 Å². The molecule has 13 heteroatoms. The molecule has 0 saturated heterocycles. The summed E-state index contributed by atoms with van der Waals surface area (Å²) in [4.78, 5) is 39.3. The lowest BCUT2D eigenvalue weighted by atomic mass is 10.2. The second-order valence-electron chi connectivity index (χ2n) is 6.30. The van der Waals surface area contributed by atoms with Gasteiger partial charge in [-0.15, -0.1) is 0 Å². The highest BCUT2D eigenvalue weighted by atomic mass is 16.6. The van der Waals surface area contributed by atoms with Crippen LogP contribution in [0.3, 0.4) is 0 Å². The van der Waals surface area contributed by atoms with E-state index in [1.54, 1.807) is 24.3 Å². The van der Waals surface area contributed by atoms with Crippen LogP contribution >= 0.6 is 0 Å². The number of nitrogen functional groups attached to an aromatic ring is 1. The van der Waals surface area contributed by atoms with Crippen LogP contribution in [0, 0.1) is 30.3 Å². The molecule has 3 aromatic carbocycles. The first-order valence-corrected chi connectivity index (χ1v) is 9.19. The van der Waals surface area contributed by atoms with Crippen molar-refractivity contribution in [3.05, 3.63) is 109 Å². The van der Waals surface area contributed by atoms with Crippen LogP contribution in [-0.2, 0) is 4.79 Å². The van der Waals surface area contributed by atoms with E-state index in [4.69, 9.17) is 15.6 Å². The van der Waals surface area contributed by atoms with Crippen molar-refractivity contribution in [3.63, 3.8) is 0 Å². The summed E-state index contributed by atoms with van der Waals surface area (Å²) >= 11 is 0. The Morgan fingerprint density at radius 1 is 0.853 bits per heavy atom. The van der Waals surface area contributed by atoms with Gasteiger partial charge in [-0.2, -0.15) is 0 Å². The van der Waals surface area contributed by atoms with E-state index in [0.717, 1.165) is 5.56 Å². The molecule has 3 N–H and O–H groups in total. The van der Waals surface area contributed by atoms with Gasteiger partial charge in [0.25, 0.3) is 11.4 Å². The Morgan fingerprint density at radius 3 is 1.88 bits per heavy atom. The largest absolute Gasteiger partial charge is 0.497 e. The monoisotopic (exact) mass is 468 g/mol. The van der Waals surface area contributed by atoms with Gasteiger partial charge >= 0.3 is 17.3 Å². The van der Waals surface area contributed by atoms with E-state index in [9.17, 15) is 35.1 Å². The normalized spacial score (nSPS) is 10.1. The minimum atomic E-state index is -1.21. The van der Waals surface area contributed by atoms with Gasteiger partial charge in [0.2, 0.25) is 0 Å². The smallest absolute Gasteiger partial charge is 0.336 e. The van der Waals surface area contributed by atoms with Crippen LogP contribution in [0.25, 0.3) is 6.08 Å². The first-order valence-electron chi connectivity index (χ1n) is 9.19. The van der Waals surface area contributed by atoms with E-state index in [1.807, 2.05) is 36.4 Å². The zero-order chi connectivity index (χ0) is 25.3. The molecule has 0 heterocycles. The maximum atomic E-state index is 11.5. The molecule has 0 bridgehead atoms. The van der Waals surface area contributed by atoms with Crippen molar-refractivity contribution in [3.8, 4) is 11.5 Å². The molecule has 0 unspecified atom stereocenters. The van der Waals surface area contributed by atoms with E-state index in [-0.39, 0.29) is 0 Å². The molecule has 0 aliphatic heterocycles. The van der Waals surface area contributed by atoms with Crippen LogP contribution in [-0.4, -0.2) is 25.8 Å². The van der Waals surface area contributed by atoms with Crippen LogP contribution < -0.4 is 10.5 Å². The molecule has 0 aromatic heterocycles. The van der Waals surface area contributed by atoms with Gasteiger partial charge in [0.15, 0.2) is 0 Å². The molecule has 3 aromatic rings. The molecule has 0 amide bonds. The van der Waals surface area contributed by atoms with Crippen molar-refractivity contribution in [2.24, 2.45) is 0 Å². The number of phenols is 1. The fourth-order valence-electron chi connectivity index (χ4n) is 2.43. The first kappa shape index (κ1) is 24.9. The van der Waals surface area contributed by atoms with Crippen molar-refractivity contribution in [2.75, 3.05) is 5.73 Å². The molecular weight excluding hydrogens is 452 g/mol. The summed E-state index contributed by atoms with van der Waals surface area (Å²) < 4.78 is 5.11. The Morgan fingerprint density at radius 2 is 1.38 bits per heavy atom. The highest BCUT2D eigenvalue weighted by molar-refractivity contribution is 5.89. The number of anilines is 1. The van der Waals surface area contributed by atoms with Crippen molar-refractivity contribution in [2.45, 2.75) is 0 Å². The number of nitro benzene ring substituents is 3. The van der Waals surface area contributed by atoms with Crippen molar-refractivity contribution < 1.29 is 29.4 Å². The minimum absolute atomic E-state index is 0.426. The van der Waals surface area contributed by atoms with Crippen molar-refractivity contribution in [1.82, 2.24) is 0 Å². The lowest BCUT2D eigenvalue weighted by Crippen LogP contribution is -2.03. The van der Waals surface area contributed by atoms with Crippen molar-refractivity contribution in [1.29, 1.82) is 0 Å². The highest BCUT2D eigenvalue weighted by Crippen LogP contribution is 2.38. The summed E-state index contributed by atoms with van der Waals surface area (Å²) in [5.41, 5.74) is 4.17. The summed E-state index contributed by atoms with van der Waals surface area (Å²) in [6.45, 7) is 0. The number of benzene rings is 3. The predicted molar refractivity (Wildman–Crippen MR) is 120 cm³/mol. The molecule has 0 aliphatic carbocycles. The highest BCUT2D eigenvalue weighted by Gasteiger charge is 2.30. The van der Waals surface area contributed by atoms with Crippen LogP contribution in [0.5, 0.6) is 11.5 Å². The van der Waals surface area contributed by atoms with Gasteiger partial charge < -0.3 is 15.6 Å². The van der Waals surface area contributed by atoms with Gasteiger partial charge in [0.1, 0.15) is 5.75 Å². The van der Waals surface area contributed by atoms with Crippen molar-refractivity contribution >= 4 is 34.8 Å². The number of nitrogens with two attached hydrogens (primary N) is 1. The summed E-state index contributed by atoms with van der Waals surface area (Å²) in [7, 11) is 0. The second-order valence-corrected chi connectivity index (χ2v) is 6.30. The van der Waals surface area contributed by atoms with Crippen LogP contribution in [0.4, 0.5) is 22.7 Å². The molecule has 3 rings (SSSR count). The predicted octanol–water partition coefficient (Wildman–Crippen LogP) is 4.00. The number of ether oxygens (including phenoxy) is 1. The number of nitro groups is 3. The molecule has 0 saturated carbocycles. The molecule has 0 fully saturated rings. The number of aromatic hydroxyl groups is 1. The fourth-order valence-corrected chi connectivity index (χ4v) is 2.43. The summed E-state index contributed by atoms with van der Waals surface area (Å²) in [6, 6.07) is 17.1. The third-order valence-corrected chi connectivity index (χ3v) is 4.02. The molecular formula is C21H16N4O9. The molecule has 174 valence electrons. The van der Waals surface area contributed by atoms with E-state index in [1.165, 1.54) is 6.08 Å². The molecule has 0 spiro atoms. The zero-order valence-electron chi connectivity index (χ0n) is 17.1. The minimum Gasteiger partial charge on any atom is -0.497 e. The number of carbonyl (C=O) groups excluding carboxylic acids is 1. The number of phenolic OH excluding ortho intramolecular Hbond substituents is 1. The molecule has 13 nitrogen and oxygen atoms in total. The van der Waals surface area contributed by atoms with Gasteiger partial charge in [-0.25, -0.2) is 4.79 Å². The molecule has 34 heavy (non-hydrogen) atoms. The average Bonchev–Trinajstić information content (AvgIpc) is 2.79. The SMILES string of the molecule is Nc1ccccc1/C=C\C(=O)Oc1ccccc1.O=[N+]([O-])c1cc([N+](=O)[O-])c(O)c([N+](=O)[O-])c1. The number of carbonyl (C=O) groups is 1. The number of hydrogen-bond donors (Lipinski definition) is 2. The fraction of sp³-hybridized carbons (Fsp3) is 0. The Labute approximate surface area is 190 Å². The number of non-ortho nitro benzene ring substituents is 1. The first-order chi connectivity index (χ1) is 16.1. The van der Waals surface area contributed by atoms with E-state index < -0.39 is 43.6 Å². The quantitative estimate of drug-likeness (QED) is 0.133. The van der Waals surface area contributed by atoms with Crippen LogP contribution in [0.1, 0.15) is 5.56 Å². The number of nitrogens with zero attached hydrogens (tertiary/aromatic N) is 3. The molecule has 0 radical (unpaired) electrons. The Bertz CT molecular complexity index is 1230. The third-order valence-electron chi connectivity index (χ3n) is 4.02. The lowest BCUT2D eigenvalue weighted by Gasteiger charge is -2.00. The van der Waals surface area contributed by atoms with Gasteiger partial charge in [-0.05, 0) is 29.8 Å². The number of esters is 1. The Balaban J connectivity index is 0.000000242. The summed E-state index contributed by atoms with van der Waals surface area (Å²) in [5.74, 6) is -1.11. The van der Waals surface area contributed by atoms with Crippen LogP contribution in [0.15, 0.2) is 72.8 Å². The maximum Gasteiger partial charge on any atom is 0.336 e. The van der Waals surface area contributed by atoms with E-state index in [2.05, 4.69) is 0 Å².